The van der Waals surface area contributed by atoms with Crippen LogP contribution in [0.1, 0.15) is 0 Å². The quantitative estimate of drug-likeness (QED) is 0.632. The van der Waals surface area contributed by atoms with E-state index in [0.717, 1.165) is 6.07 Å². The molecule has 0 bridgehead atoms. The van der Waals surface area contributed by atoms with E-state index in [0.29, 0.717) is 0 Å². The van der Waals surface area contributed by atoms with Crippen molar-refractivity contribution in [3.63, 3.8) is 0 Å². The second-order valence-electron chi connectivity index (χ2n) is 3.56. The number of aromatic nitrogens is 1. The highest BCUT2D eigenvalue weighted by Crippen LogP contribution is 2.35. The number of pyridine rings is 1. The minimum Gasteiger partial charge on any atom is -0.447 e. The average molecular weight is 296 g/mol. The summed E-state index contributed by atoms with van der Waals surface area (Å²) in [5.74, 6) is -0.511. The van der Waals surface area contributed by atoms with Gasteiger partial charge in [0.1, 0.15) is 11.9 Å². The van der Waals surface area contributed by atoms with Crippen molar-refractivity contribution < 1.29 is 14.6 Å². The van der Waals surface area contributed by atoms with Crippen LogP contribution in [0.5, 0.6) is 11.5 Å². The molecule has 0 amide bonds. The molecule has 2 aromatic rings. The molecule has 102 valence electrons. The second-order valence-corrected chi connectivity index (χ2v) is 3.96. The molecule has 1 aromatic carbocycles. The fourth-order valence-electron chi connectivity index (χ4n) is 1.40. The molecule has 0 spiro atoms. The first-order valence-electron chi connectivity index (χ1n) is 5.20. The summed E-state index contributed by atoms with van der Waals surface area (Å²) in [5.41, 5.74) is -0.206. The Balaban J connectivity index is 2.36. The highest BCUT2D eigenvalue weighted by Gasteiger charge is 2.18. The van der Waals surface area contributed by atoms with Crippen molar-refractivity contribution in [1.82, 2.24) is 4.98 Å². The molecular formula is C11H6ClN3O5. The van der Waals surface area contributed by atoms with Gasteiger partial charge in [0.05, 0.1) is 9.95 Å². The molecule has 0 fully saturated rings. The molecule has 0 radical (unpaired) electrons. The van der Waals surface area contributed by atoms with Crippen LogP contribution in [-0.4, -0.2) is 14.8 Å². The maximum atomic E-state index is 10.8. The number of ether oxygens (including phenoxy) is 1. The van der Waals surface area contributed by atoms with Crippen LogP contribution < -0.4 is 4.74 Å². The zero-order valence-electron chi connectivity index (χ0n) is 9.72. The fourth-order valence-corrected chi connectivity index (χ4v) is 1.62. The van der Waals surface area contributed by atoms with Crippen LogP contribution in [0.2, 0.25) is 5.02 Å². The number of halogens is 1. The van der Waals surface area contributed by atoms with Gasteiger partial charge in [-0.15, -0.1) is 0 Å². The molecule has 0 aliphatic rings. The van der Waals surface area contributed by atoms with Crippen LogP contribution in [-0.2, 0) is 0 Å². The first kappa shape index (κ1) is 13.7. The number of nitro benzene ring substituents is 1. The van der Waals surface area contributed by atoms with E-state index >= 15 is 0 Å². The lowest BCUT2D eigenvalue weighted by molar-refractivity contribution is -0.390. The van der Waals surface area contributed by atoms with E-state index in [2.05, 4.69) is 4.98 Å². The summed E-state index contributed by atoms with van der Waals surface area (Å²) < 4.78 is 5.28. The molecule has 9 heteroatoms. The zero-order chi connectivity index (χ0) is 14.7. The van der Waals surface area contributed by atoms with Gasteiger partial charge in [-0.25, -0.2) is 0 Å². The SMILES string of the molecule is O=[N+]([O-])c1ccc(Oc2cccnc2[N+](=O)[O-])c(Cl)c1. The minimum absolute atomic E-state index is 0.0302. The maximum Gasteiger partial charge on any atom is 0.406 e. The average Bonchev–Trinajstić information content (AvgIpc) is 2.41. The Bertz CT molecular complexity index is 692. The number of hydrogen-bond acceptors (Lipinski definition) is 6. The Morgan fingerprint density at radius 1 is 1.10 bits per heavy atom. The normalized spacial score (nSPS) is 10.1. The maximum absolute atomic E-state index is 10.8. The van der Waals surface area contributed by atoms with Crippen molar-refractivity contribution in [3.8, 4) is 11.5 Å². The van der Waals surface area contributed by atoms with Gasteiger partial charge in [0.25, 0.3) is 5.69 Å². The van der Waals surface area contributed by atoms with Crippen molar-refractivity contribution in [2.75, 3.05) is 0 Å². The Morgan fingerprint density at radius 3 is 2.45 bits per heavy atom. The van der Waals surface area contributed by atoms with Crippen molar-refractivity contribution in [1.29, 1.82) is 0 Å². The number of hydrogen-bond donors (Lipinski definition) is 0. The Hall–Kier alpha value is -2.74. The van der Waals surface area contributed by atoms with E-state index in [4.69, 9.17) is 16.3 Å². The van der Waals surface area contributed by atoms with Crippen molar-refractivity contribution in [3.05, 3.63) is 61.8 Å². The lowest BCUT2D eigenvalue weighted by atomic mass is 10.3. The van der Waals surface area contributed by atoms with Crippen LogP contribution in [0, 0.1) is 20.2 Å². The van der Waals surface area contributed by atoms with Crippen molar-refractivity contribution in [2.45, 2.75) is 0 Å². The lowest BCUT2D eigenvalue weighted by Crippen LogP contribution is -1.96. The molecular weight excluding hydrogens is 290 g/mol. The standard InChI is InChI=1S/C11H6ClN3O5/c12-8-6-7(14(16)17)3-4-9(8)20-10-2-1-5-13-11(10)15(18)19/h1-6H. The van der Waals surface area contributed by atoms with Crippen LogP contribution in [0.4, 0.5) is 11.5 Å². The van der Waals surface area contributed by atoms with Gasteiger partial charge in [-0.1, -0.05) is 11.6 Å². The topological polar surface area (TPSA) is 108 Å². The molecule has 8 nitrogen and oxygen atoms in total. The third-order valence-electron chi connectivity index (χ3n) is 2.27. The first-order chi connectivity index (χ1) is 9.49. The number of non-ortho nitro benzene ring substituents is 1. The van der Waals surface area contributed by atoms with Gasteiger partial charge in [-0.05, 0) is 28.1 Å². The monoisotopic (exact) mass is 295 g/mol. The summed E-state index contributed by atoms with van der Waals surface area (Å²) in [5, 5.41) is 21.3. The van der Waals surface area contributed by atoms with Crippen LogP contribution in [0.3, 0.4) is 0 Å². The largest absolute Gasteiger partial charge is 0.447 e. The summed E-state index contributed by atoms with van der Waals surface area (Å²) in [4.78, 5) is 23.6. The number of nitro groups is 2. The Labute approximate surface area is 116 Å². The van der Waals surface area contributed by atoms with Crippen LogP contribution in [0.15, 0.2) is 36.5 Å². The fraction of sp³-hybridized carbons (Fsp3) is 0. The third-order valence-corrected chi connectivity index (χ3v) is 2.57. The Morgan fingerprint density at radius 2 is 1.85 bits per heavy atom. The second kappa shape index (κ2) is 5.49. The van der Waals surface area contributed by atoms with Crippen LogP contribution >= 0.6 is 11.6 Å². The van der Waals surface area contributed by atoms with Gasteiger partial charge in [0.2, 0.25) is 5.75 Å². The number of benzene rings is 1. The molecule has 0 N–H and O–H groups in total. The molecule has 1 aromatic heterocycles. The molecule has 2 rings (SSSR count). The van der Waals surface area contributed by atoms with E-state index in [1.54, 1.807) is 0 Å². The van der Waals surface area contributed by atoms with Gasteiger partial charge < -0.3 is 14.9 Å². The predicted molar refractivity (Wildman–Crippen MR) is 69.1 cm³/mol. The molecule has 0 saturated carbocycles. The van der Waals surface area contributed by atoms with Crippen molar-refractivity contribution >= 4 is 23.1 Å². The lowest BCUT2D eigenvalue weighted by Gasteiger charge is -2.06. The summed E-state index contributed by atoms with van der Waals surface area (Å²) in [6.07, 6.45) is 1.25. The van der Waals surface area contributed by atoms with Gasteiger partial charge >= 0.3 is 5.82 Å². The molecule has 0 saturated heterocycles. The molecule has 0 unspecified atom stereocenters. The zero-order valence-corrected chi connectivity index (χ0v) is 10.5. The summed E-state index contributed by atoms with van der Waals surface area (Å²) in [6, 6.07) is 6.35. The first-order valence-corrected chi connectivity index (χ1v) is 5.58. The smallest absolute Gasteiger partial charge is 0.406 e. The highest BCUT2D eigenvalue weighted by molar-refractivity contribution is 6.32. The van der Waals surface area contributed by atoms with Gasteiger partial charge in [-0.2, -0.15) is 0 Å². The van der Waals surface area contributed by atoms with E-state index in [9.17, 15) is 20.2 Å². The molecule has 0 aliphatic carbocycles. The molecule has 1 heterocycles. The Kier molecular flexibility index (Phi) is 3.76. The van der Waals surface area contributed by atoms with Gasteiger partial charge in [0.15, 0.2) is 0 Å². The van der Waals surface area contributed by atoms with E-state index in [1.807, 2.05) is 0 Å². The van der Waals surface area contributed by atoms with Crippen molar-refractivity contribution in [2.24, 2.45) is 0 Å². The summed E-state index contributed by atoms with van der Waals surface area (Å²) in [7, 11) is 0. The van der Waals surface area contributed by atoms with E-state index in [-0.39, 0.29) is 22.2 Å². The molecule has 0 aliphatic heterocycles. The number of nitrogens with zero attached hydrogens (tertiary/aromatic N) is 3. The molecule has 0 atom stereocenters. The number of rotatable bonds is 4. The van der Waals surface area contributed by atoms with E-state index < -0.39 is 15.7 Å². The summed E-state index contributed by atoms with van der Waals surface area (Å²) >= 11 is 5.84. The minimum atomic E-state index is -0.700. The van der Waals surface area contributed by atoms with Gasteiger partial charge in [0, 0.05) is 12.1 Å². The summed E-state index contributed by atoms with van der Waals surface area (Å²) in [6.45, 7) is 0. The predicted octanol–water partition coefficient (Wildman–Crippen LogP) is 3.34. The van der Waals surface area contributed by atoms with E-state index in [1.165, 1.54) is 30.5 Å². The highest BCUT2D eigenvalue weighted by atomic mass is 35.5. The molecule has 20 heavy (non-hydrogen) atoms. The third kappa shape index (κ3) is 2.81. The van der Waals surface area contributed by atoms with Gasteiger partial charge in [-0.3, -0.25) is 10.1 Å². The van der Waals surface area contributed by atoms with Crippen LogP contribution in [0.25, 0.3) is 0 Å².